The third kappa shape index (κ3) is 4.17. The first kappa shape index (κ1) is 19.2. The third-order valence-electron chi connectivity index (χ3n) is 4.70. The molecule has 0 saturated carbocycles. The fourth-order valence-electron chi connectivity index (χ4n) is 3.26. The minimum atomic E-state index is -0.124. The predicted molar refractivity (Wildman–Crippen MR) is 113 cm³/mol. The number of hydrogen-bond donors (Lipinski definition) is 1. The maximum atomic E-state index is 12.7. The van der Waals surface area contributed by atoms with E-state index >= 15 is 0 Å². The SMILES string of the molecule is CCCc1nnc(-c2cc3ccccc3n2CC(=O)NCc2ccccc2Cl)o1. The van der Waals surface area contributed by atoms with Gasteiger partial charge in [0.1, 0.15) is 12.2 Å². The molecule has 1 amide bonds. The van der Waals surface area contributed by atoms with E-state index in [9.17, 15) is 4.79 Å². The minimum absolute atomic E-state index is 0.124. The first-order chi connectivity index (χ1) is 14.2. The lowest BCUT2D eigenvalue weighted by molar-refractivity contribution is -0.121. The van der Waals surface area contributed by atoms with Gasteiger partial charge in [-0.1, -0.05) is 54.9 Å². The number of amides is 1. The van der Waals surface area contributed by atoms with Crippen molar-refractivity contribution in [1.82, 2.24) is 20.1 Å². The van der Waals surface area contributed by atoms with Crippen LogP contribution in [0.5, 0.6) is 0 Å². The molecule has 6 nitrogen and oxygen atoms in total. The lowest BCUT2D eigenvalue weighted by atomic mass is 10.2. The Hall–Kier alpha value is -3.12. The smallest absolute Gasteiger partial charge is 0.264 e. The van der Waals surface area contributed by atoms with E-state index in [-0.39, 0.29) is 12.5 Å². The average Bonchev–Trinajstić information content (AvgIpc) is 3.33. The average molecular weight is 409 g/mol. The zero-order valence-corrected chi connectivity index (χ0v) is 16.8. The Labute approximate surface area is 173 Å². The molecule has 0 saturated heterocycles. The van der Waals surface area contributed by atoms with Gasteiger partial charge < -0.3 is 14.3 Å². The monoisotopic (exact) mass is 408 g/mol. The van der Waals surface area contributed by atoms with Crippen LogP contribution in [-0.2, 0) is 24.3 Å². The molecule has 2 aromatic heterocycles. The van der Waals surface area contributed by atoms with Crippen molar-refractivity contribution in [2.75, 3.05) is 0 Å². The normalized spacial score (nSPS) is 11.1. The zero-order valence-electron chi connectivity index (χ0n) is 16.1. The molecule has 0 atom stereocenters. The van der Waals surface area contributed by atoms with E-state index in [1.165, 1.54) is 0 Å². The predicted octanol–water partition coefficient (Wildman–Crippen LogP) is 4.61. The van der Waals surface area contributed by atoms with Gasteiger partial charge in [-0.2, -0.15) is 0 Å². The Balaban J connectivity index is 1.60. The van der Waals surface area contributed by atoms with Crippen LogP contribution in [0.3, 0.4) is 0 Å². The summed E-state index contributed by atoms with van der Waals surface area (Å²) in [6, 6.07) is 17.3. The first-order valence-electron chi connectivity index (χ1n) is 9.57. The van der Waals surface area contributed by atoms with Gasteiger partial charge in [0.05, 0.1) is 0 Å². The largest absolute Gasteiger partial charge is 0.419 e. The van der Waals surface area contributed by atoms with Crippen LogP contribution < -0.4 is 5.32 Å². The van der Waals surface area contributed by atoms with Gasteiger partial charge in [-0.25, -0.2) is 0 Å². The van der Waals surface area contributed by atoms with Crippen molar-refractivity contribution in [1.29, 1.82) is 0 Å². The summed E-state index contributed by atoms with van der Waals surface area (Å²) in [4.78, 5) is 12.7. The van der Waals surface area contributed by atoms with Crippen LogP contribution in [0.4, 0.5) is 0 Å². The number of halogens is 1. The van der Waals surface area contributed by atoms with Crippen LogP contribution in [0.15, 0.2) is 59.0 Å². The van der Waals surface area contributed by atoms with Gasteiger partial charge in [0.2, 0.25) is 11.8 Å². The molecule has 4 aromatic rings. The van der Waals surface area contributed by atoms with Crippen molar-refractivity contribution in [3.63, 3.8) is 0 Å². The molecule has 7 heteroatoms. The molecule has 0 bridgehead atoms. The van der Waals surface area contributed by atoms with Crippen molar-refractivity contribution >= 4 is 28.4 Å². The van der Waals surface area contributed by atoms with Crippen molar-refractivity contribution in [3.8, 4) is 11.6 Å². The van der Waals surface area contributed by atoms with Gasteiger partial charge in [-0.3, -0.25) is 4.79 Å². The molecule has 2 heterocycles. The van der Waals surface area contributed by atoms with E-state index in [0.29, 0.717) is 23.3 Å². The van der Waals surface area contributed by atoms with Crippen LogP contribution in [0, 0.1) is 0 Å². The fourth-order valence-corrected chi connectivity index (χ4v) is 3.47. The number of benzene rings is 2. The van der Waals surface area contributed by atoms with E-state index in [2.05, 4.69) is 22.4 Å². The number of hydrogen-bond acceptors (Lipinski definition) is 4. The Kier molecular flexibility index (Phi) is 5.62. The van der Waals surface area contributed by atoms with Crippen LogP contribution in [0.25, 0.3) is 22.5 Å². The summed E-state index contributed by atoms with van der Waals surface area (Å²) in [5.74, 6) is 0.895. The molecule has 0 aliphatic heterocycles. The van der Waals surface area contributed by atoms with Crippen LogP contribution in [0.1, 0.15) is 24.8 Å². The first-order valence-corrected chi connectivity index (χ1v) is 9.94. The third-order valence-corrected chi connectivity index (χ3v) is 5.06. The second-order valence-electron chi connectivity index (χ2n) is 6.79. The van der Waals surface area contributed by atoms with Crippen molar-refractivity contribution in [2.24, 2.45) is 0 Å². The van der Waals surface area contributed by atoms with Crippen molar-refractivity contribution in [3.05, 3.63) is 71.1 Å². The lowest BCUT2D eigenvalue weighted by Crippen LogP contribution is -2.27. The molecule has 0 radical (unpaired) electrons. The molecule has 0 aliphatic rings. The Bertz CT molecular complexity index is 1150. The molecule has 0 fully saturated rings. The summed E-state index contributed by atoms with van der Waals surface area (Å²) < 4.78 is 7.72. The topological polar surface area (TPSA) is 73.0 Å². The van der Waals surface area contributed by atoms with Crippen LogP contribution in [-0.4, -0.2) is 20.7 Å². The number of fused-ring (bicyclic) bond motifs is 1. The Morgan fingerprint density at radius 1 is 1.14 bits per heavy atom. The number of rotatable bonds is 7. The van der Waals surface area contributed by atoms with E-state index in [0.717, 1.165) is 35.0 Å². The van der Waals surface area contributed by atoms with Gasteiger partial charge in [-0.05, 0) is 30.2 Å². The maximum absolute atomic E-state index is 12.7. The molecule has 0 unspecified atom stereocenters. The number of nitrogens with one attached hydrogen (secondary N) is 1. The quantitative estimate of drug-likeness (QED) is 0.484. The Morgan fingerprint density at radius 3 is 2.76 bits per heavy atom. The van der Waals surface area contributed by atoms with Gasteiger partial charge in [0, 0.05) is 28.9 Å². The molecule has 2 aromatic carbocycles. The number of carbonyl (C=O) groups is 1. The molecule has 0 spiro atoms. The highest BCUT2D eigenvalue weighted by molar-refractivity contribution is 6.31. The van der Waals surface area contributed by atoms with Gasteiger partial charge >= 0.3 is 0 Å². The van der Waals surface area contributed by atoms with Gasteiger partial charge in [0.25, 0.3) is 5.89 Å². The Morgan fingerprint density at radius 2 is 1.93 bits per heavy atom. The van der Waals surface area contributed by atoms with E-state index in [1.807, 2.05) is 59.2 Å². The highest BCUT2D eigenvalue weighted by atomic mass is 35.5. The lowest BCUT2D eigenvalue weighted by Gasteiger charge is -2.10. The number of aryl methyl sites for hydroxylation is 1. The molecule has 4 rings (SSSR count). The fraction of sp³-hybridized carbons (Fsp3) is 0.227. The molecular formula is C22H21ClN4O2. The number of para-hydroxylation sites is 1. The zero-order chi connectivity index (χ0) is 20.2. The highest BCUT2D eigenvalue weighted by Gasteiger charge is 2.18. The second-order valence-corrected chi connectivity index (χ2v) is 7.20. The molecule has 0 aliphatic carbocycles. The number of nitrogens with zero attached hydrogens (tertiary/aromatic N) is 3. The summed E-state index contributed by atoms with van der Waals surface area (Å²) in [7, 11) is 0. The molecule has 29 heavy (non-hydrogen) atoms. The maximum Gasteiger partial charge on any atom is 0.264 e. The van der Waals surface area contributed by atoms with Crippen molar-refractivity contribution in [2.45, 2.75) is 32.9 Å². The van der Waals surface area contributed by atoms with Gasteiger partial charge in [-0.15, -0.1) is 10.2 Å². The second kappa shape index (κ2) is 8.49. The summed E-state index contributed by atoms with van der Waals surface area (Å²) >= 11 is 6.18. The highest BCUT2D eigenvalue weighted by Crippen LogP contribution is 2.27. The van der Waals surface area contributed by atoms with E-state index in [1.54, 1.807) is 0 Å². The summed E-state index contributed by atoms with van der Waals surface area (Å²) in [5, 5.41) is 12.9. The summed E-state index contributed by atoms with van der Waals surface area (Å²) in [5.41, 5.74) is 2.54. The van der Waals surface area contributed by atoms with E-state index in [4.69, 9.17) is 16.0 Å². The number of aromatic nitrogens is 3. The summed E-state index contributed by atoms with van der Waals surface area (Å²) in [6.45, 7) is 2.57. The van der Waals surface area contributed by atoms with Crippen LogP contribution in [0.2, 0.25) is 5.02 Å². The molecular weight excluding hydrogens is 388 g/mol. The summed E-state index contributed by atoms with van der Waals surface area (Å²) in [6.07, 6.45) is 1.65. The van der Waals surface area contributed by atoms with E-state index < -0.39 is 0 Å². The van der Waals surface area contributed by atoms with Crippen molar-refractivity contribution < 1.29 is 9.21 Å². The standard InChI is InChI=1S/C22H21ClN4O2/c1-2-7-21-25-26-22(29-21)19-12-15-8-4-6-11-18(15)27(19)14-20(28)24-13-16-9-3-5-10-17(16)23/h3-6,8-12H,2,7,13-14H2,1H3,(H,24,28). The minimum Gasteiger partial charge on any atom is -0.419 e. The van der Waals surface area contributed by atoms with Crippen LogP contribution >= 0.6 is 11.6 Å². The molecule has 1 N–H and O–H groups in total. The molecule has 148 valence electrons. The van der Waals surface area contributed by atoms with Gasteiger partial charge in [0.15, 0.2) is 0 Å². The number of carbonyl (C=O) groups excluding carboxylic acids is 1.